The van der Waals surface area contributed by atoms with Crippen LogP contribution in [0.4, 0.5) is 5.13 Å². The summed E-state index contributed by atoms with van der Waals surface area (Å²) in [5, 5.41) is 5.11. The number of sulfonamides is 1. The highest BCUT2D eigenvalue weighted by molar-refractivity contribution is 7.89. The Morgan fingerprint density at radius 1 is 1.07 bits per heavy atom. The van der Waals surface area contributed by atoms with E-state index in [-0.39, 0.29) is 10.8 Å². The van der Waals surface area contributed by atoms with Gasteiger partial charge in [-0.05, 0) is 31.2 Å². The number of carbonyl (C=O) groups excluding carboxylic acids is 1. The van der Waals surface area contributed by atoms with E-state index in [1.165, 1.54) is 41.2 Å². The number of rotatable bonds is 6. The molecule has 140 valence electrons. The molecule has 0 unspecified atom stereocenters. The van der Waals surface area contributed by atoms with Gasteiger partial charge in [0.05, 0.1) is 10.6 Å². The summed E-state index contributed by atoms with van der Waals surface area (Å²) in [6.45, 7) is 4.03. The van der Waals surface area contributed by atoms with Crippen molar-refractivity contribution >= 4 is 32.4 Å². The first-order chi connectivity index (χ1) is 12.9. The number of anilines is 1. The molecule has 0 fully saturated rings. The average Bonchev–Trinajstić information content (AvgIpc) is 3.11. The van der Waals surface area contributed by atoms with E-state index in [0.717, 1.165) is 11.3 Å². The Hall–Kier alpha value is -2.55. The van der Waals surface area contributed by atoms with Gasteiger partial charge in [-0.25, -0.2) is 18.1 Å². The lowest BCUT2D eigenvalue weighted by Gasteiger charge is -2.06. The number of hydrogen-bond donors (Lipinski definition) is 2. The maximum absolute atomic E-state index is 12.4. The van der Waals surface area contributed by atoms with Gasteiger partial charge in [0.2, 0.25) is 10.0 Å². The highest BCUT2D eigenvalue weighted by Gasteiger charge is 2.14. The van der Waals surface area contributed by atoms with Gasteiger partial charge in [-0.15, -0.1) is 11.3 Å². The van der Waals surface area contributed by atoms with Gasteiger partial charge in [0, 0.05) is 23.1 Å². The zero-order chi connectivity index (χ0) is 19.4. The van der Waals surface area contributed by atoms with Crippen molar-refractivity contribution in [2.45, 2.75) is 18.7 Å². The normalized spacial score (nSPS) is 11.3. The van der Waals surface area contributed by atoms with Crippen molar-refractivity contribution in [3.05, 3.63) is 65.0 Å². The number of nitrogens with zero attached hydrogens (tertiary/aromatic N) is 1. The van der Waals surface area contributed by atoms with Gasteiger partial charge < -0.3 is 0 Å². The molecule has 0 aliphatic heterocycles. The number of aryl methyl sites for hydroxylation is 1. The third-order valence-corrected chi connectivity index (χ3v) is 6.15. The standard InChI is InChI=1S/C19H19N3O3S2/c1-3-20-27(24,25)16-10-8-15(9-11-16)18(23)22-19-21-17(12-26-19)14-6-4-13(2)5-7-14/h4-12,20H,3H2,1-2H3,(H,21,22,23). The first kappa shape index (κ1) is 19.2. The minimum Gasteiger partial charge on any atom is -0.298 e. The third-order valence-electron chi connectivity index (χ3n) is 3.83. The van der Waals surface area contributed by atoms with E-state index in [0.29, 0.717) is 17.2 Å². The van der Waals surface area contributed by atoms with Crippen molar-refractivity contribution in [3.63, 3.8) is 0 Å². The SMILES string of the molecule is CCNS(=O)(=O)c1ccc(C(=O)Nc2nc(-c3ccc(C)cc3)cs2)cc1. The molecule has 6 nitrogen and oxygen atoms in total. The first-order valence-corrected chi connectivity index (χ1v) is 10.7. The van der Waals surface area contributed by atoms with Gasteiger partial charge >= 0.3 is 0 Å². The van der Waals surface area contributed by atoms with Crippen molar-refractivity contribution in [1.82, 2.24) is 9.71 Å². The van der Waals surface area contributed by atoms with Crippen molar-refractivity contribution in [2.75, 3.05) is 11.9 Å². The Balaban J connectivity index is 1.71. The summed E-state index contributed by atoms with van der Waals surface area (Å²) >= 11 is 1.34. The Labute approximate surface area is 162 Å². The number of nitrogens with one attached hydrogen (secondary N) is 2. The van der Waals surface area contributed by atoms with Crippen LogP contribution in [-0.4, -0.2) is 25.9 Å². The molecule has 0 aliphatic carbocycles. The molecule has 2 N–H and O–H groups in total. The summed E-state index contributed by atoms with van der Waals surface area (Å²) in [5.74, 6) is -0.341. The summed E-state index contributed by atoms with van der Waals surface area (Å²) in [4.78, 5) is 16.9. The predicted molar refractivity (Wildman–Crippen MR) is 108 cm³/mol. The van der Waals surface area contributed by atoms with E-state index in [1.807, 2.05) is 36.6 Å². The highest BCUT2D eigenvalue weighted by Crippen LogP contribution is 2.25. The minimum absolute atomic E-state index is 0.122. The first-order valence-electron chi connectivity index (χ1n) is 8.32. The van der Waals surface area contributed by atoms with Gasteiger partial charge in [0.15, 0.2) is 5.13 Å². The van der Waals surface area contributed by atoms with Gasteiger partial charge in [0.1, 0.15) is 0 Å². The minimum atomic E-state index is -3.53. The van der Waals surface area contributed by atoms with E-state index in [9.17, 15) is 13.2 Å². The summed E-state index contributed by atoms with van der Waals surface area (Å²) in [7, 11) is -3.53. The summed E-state index contributed by atoms with van der Waals surface area (Å²) in [5.41, 5.74) is 3.30. The number of carbonyl (C=O) groups is 1. The van der Waals surface area contributed by atoms with Crippen LogP contribution in [-0.2, 0) is 10.0 Å². The van der Waals surface area contributed by atoms with Crippen molar-refractivity contribution in [3.8, 4) is 11.3 Å². The van der Waals surface area contributed by atoms with Crippen LogP contribution in [0.2, 0.25) is 0 Å². The molecule has 0 atom stereocenters. The van der Waals surface area contributed by atoms with Crippen LogP contribution in [0.5, 0.6) is 0 Å². The summed E-state index contributed by atoms with van der Waals surface area (Å²) in [6.07, 6.45) is 0. The number of aromatic nitrogens is 1. The molecule has 0 saturated heterocycles. The lowest BCUT2D eigenvalue weighted by Crippen LogP contribution is -2.23. The van der Waals surface area contributed by atoms with E-state index < -0.39 is 10.0 Å². The highest BCUT2D eigenvalue weighted by atomic mass is 32.2. The molecule has 3 rings (SSSR count). The molecule has 2 aromatic carbocycles. The number of benzene rings is 2. The number of amides is 1. The second-order valence-corrected chi connectivity index (χ2v) is 8.51. The molecule has 0 bridgehead atoms. The van der Waals surface area contributed by atoms with Crippen LogP contribution in [0.3, 0.4) is 0 Å². The maximum Gasteiger partial charge on any atom is 0.257 e. The molecule has 0 radical (unpaired) electrons. The summed E-state index contributed by atoms with van der Waals surface area (Å²) in [6, 6.07) is 13.8. The van der Waals surface area contributed by atoms with Gasteiger partial charge in [-0.1, -0.05) is 36.8 Å². The van der Waals surface area contributed by atoms with Crippen LogP contribution in [0, 0.1) is 6.92 Å². The van der Waals surface area contributed by atoms with E-state index in [2.05, 4.69) is 15.0 Å². The van der Waals surface area contributed by atoms with Gasteiger partial charge in [-0.3, -0.25) is 10.1 Å². The van der Waals surface area contributed by atoms with Gasteiger partial charge in [0.25, 0.3) is 5.91 Å². The van der Waals surface area contributed by atoms with Gasteiger partial charge in [-0.2, -0.15) is 0 Å². The third kappa shape index (κ3) is 4.60. The Bertz CT molecular complexity index is 1040. The van der Waals surface area contributed by atoms with E-state index in [1.54, 1.807) is 6.92 Å². The fourth-order valence-corrected chi connectivity index (χ4v) is 4.17. The van der Waals surface area contributed by atoms with Crippen LogP contribution in [0.25, 0.3) is 11.3 Å². The molecular formula is C19H19N3O3S2. The predicted octanol–water partition coefficient (Wildman–Crippen LogP) is 3.67. The quantitative estimate of drug-likeness (QED) is 0.660. The lowest BCUT2D eigenvalue weighted by molar-refractivity contribution is 0.102. The molecule has 1 aromatic heterocycles. The maximum atomic E-state index is 12.4. The van der Waals surface area contributed by atoms with Crippen molar-refractivity contribution < 1.29 is 13.2 Å². The molecule has 1 heterocycles. The number of thiazole rings is 1. The monoisotopic (exact) mass is 401 g/mol. The second kappa shape index (κ2) is 7.99. The Morgan fingerprint density at radius 2 is 1.74 bits per heavy atom. The Kier molecular flexibility index (Phi) is 5.69. The molecule has 0 spiro atoms. The van der Waals surface area contributed by atoms with E-state index >= 15 is 0 Å². The molecule has 0 saturated carbocycles. The molecule has 0 aliphatic rings. The van der Waals surface area contributed by atoms with Crippen molar-refractivity contribution in [2.24, 2.45) is 0 Å². The fourth-order valence-electron chi connectivity index (χ4n) is 2.42. The zero-order valence-electron chi connectivity index (χ0n) is 14.9. The molecule has 3 aromatic rings. The second-order valence-electron chi connectivity index (χ2n) is 5.88. The molecule has 1 amide bonds. The molecule has 27 heavy (non-hydrogen) atoms. The van der Waals surface area contributed by atoms with Crippen LogP contribution >= 0.6 is 11.3 Å². The van der Waals surface area contributed by atoms with E-state index in [4.69, 9.17) is 0 Å². The fraction of sp³-hybridized carbons (Fsp3) is 0.158. The van der Waals surface area contributed by atoms with Crippen LogP contribution in [0.1, 0.15) is 22.8 Å². The smallest absolute Gasteiger partial charge is 0.257 e. The largest absolute Gasteiger partial charge is 0.298 e. The lowest BCUT2D eigenvalue weighted by atomic mass is 10.1. The van der Waals surface area contributed by atoms with Crippen LogP contribution in [0.15, 0.2) is 58.8 Å². The average molecular weight is 402 g/mol. The topological polar surface area (TPSA) is 88.2 Å². The number of hydrogen-bond acceptors (Lipinski definition) is 5. The zero-order valence-corrected chi connectivity index (χ0v) is 16.5. The molecule has 8 heteroatoms. The summed E-state index contributed by atoms with van der Waals surface area (Å²) < 4.78 is 26.3. The Morgan fingerprint density at radius 3 is 2.37 bits per heavy atom. The van der Waals surface area contributed by atoms with Crippen LogP contribution < -0.4 is 10.0 Å². The molecular weight excluding hydrogens is 382 g/mol. The van der Waals surface area contributed by atoms with Crippen molar-refractivity contribution in [1.29, 1.82) is 0 Å².